The van der Waals surface area contributed by atoms with Crippen LogP contribution in [0, 0.1) is 0 Å². The van der Waals surface area contributed by atoms with Crippen LogP contribution in [-0.4, -0.2) is 66.2 Å². The summed E-state index contributed by atoms with van der Waals surface area (Å²) in [6, 6.07) is 25.4. The van der Waals surface area contributed by atoms with Gasteiger partial charge in [0.1, 0.15) is 18.8 Å². The van der Waals surface area contributed by atoms with Gasteiger partial charge in [0, 0.05) is 19.1 Å². The Morgan fingerprint density at radius 1 is 0.850 bits per heavy atom. The summed E-state index contributed by atoms with van der Waals surface area (Å²) in [6.45, 7) is 2.70. The molecule has 40 heavy (non-hydrogen) atoms. The van der Waals surface area contributed by atoms with Crippen LogP contribution in [0.25, 0.3) is 0 Å². The number of carbonyl (C=O) groups excluding carboxylic acids is 3. The van der Waals surface area contributed by atoms with E-state index >= 15 is 0 Å². The summed E-state index contributed by atoms with van der Waals surface area (Å²) < 4.78 is 29.2. The van der Waals surface area contributed by atoms with E-state index in [1.54, 1.807) is 55.5 Å². The molecule has 0 aliphatic carbocycles. The van der Waals surface area contributed by atoms with Gasteiger partial charge in [-0.2, -0.15) is 0 Å². The van der Waals surface area contributed by atoms with E-state index in [0.29, 0.717) is 0 Å². The summed E-state index contributed by atoms with van der Waals surface area (Å²) in [5, 5.41) is 12.2. The highest BCUT2D eigenvalue weighted by molar-refractivity contribution is 6.03. The molecule has 0 aromatic heterocycles. The van der Waals surface area contributed by atoms with Gasteiger partial charge in [-0.15, -0.1) is 0 Å². The van der Waals surface area contributed by atoms with Crippen LogP contribution in [0.5, 0.6) is 0 Å². The molecule has 0 bridgehead atoms. The zero-order chi connectivity index (χ0) is 28.5. The van der Waals surface area contributed by atoms with Gasteiger partial charge in [0.2, 0.25) is 11.4 Å². The molecule has 1 saturated heterocycles. The zero-order valence-electron chi connectivity index (χ0n) is 22.3. The number of ether oxygens (including phenoxy) is 5. The molecule has 1 N–H and O–H groups in total. The molecule has 0 unspecified atom stereocenters. The number of carbonyl (C=O) groups is 3. The molecule has 1 aliphatic rings. The number of Topliss-reactive ketones (excluding diaryl/α,β-unsaturated/α-hetero) is 1. The number of esters is 2. The first-order chi connectivity index (χ1) is 19.3. The lowest BCUT2D eigenvalue weighted by Gasteiger charge is -2.49. The maximum absolute atomic E-state index is 14.0. The van der Waals surface area contributed by atoms with Crippen molar-refractivity contribution in [3.05, 3.63) is 108 Å². The Morgan fingerprint density at radius 2 is 1.43 bits per heavy atom. The fourth-order valence-electron chi connectivity index (χ4n) is 4.50. The van der Waals surface area contributed by atoms with Crippen LogP contribution in [0.3, 0.4) is 0 Å². The predicted octanol–water partition coefficient (Wildman–Crippen LogP) is 3.74. The molecule has 4 rings (SSSR count). The monoisotopic (exact) mass is 548 g/mol. The van der Waals surface area contributed by atoms with Crippen LogP contribution in [0.1, 0.15) is 40.1 Å². The van der Waals surface area contributed by atoms with Gasteiger partial charge >= 0.3 is 11.9 Å². The molecule has 9 heteroatoms. The van der Waals surface area contributed by atoms with Gasteiger partial charge in [0.15, 0.2) is 12.4 Å². The second-order valence-corrected chi connectivity index (χ2v) is 9.24. The molecule has 210 valence electrons. The van der Waals surface area contributed by atoms with E-state index in [0.717, 1.165) is 5.56 Å². The van der Waals surface area contributed by atoms with Crippen LogP contribution in [0.15, 0.2) is 91.0 Å². The average molecular weight is 549 g/mol. The first kappa shape index (κ1) is 29.1. The van der Waals surface area contributed by atoms with Gasteiger partial charge < -0.3 is 28.8 Å². The minimum absolute atomic E-state index is 0.0275. The average Bonchev–Trinajstić information content (AvgIpc) is 2.98. The Labute approximate surface area is 232 Å². The molecule has 1 fully saturated rings. The first-order valence-electron chi connectivity index (χ1n) is 13.0. The number of hydrogen-bond donors (Lipinski definition) is 1. The third-order valence-electron chi connectivity index (χ3n) is 6.45. The third-order valence-corrected chi connectivity index (χ3v) is 6.45. The minimum atomic E-state index is -2.52. The molecule has 9 nitrogen and oxygen atoms in total. The fraction of sp³-hybridized carbons (Fsp3) is 0.323. The number of aliphatic hydroxyl groups is 1. The fourth-order valence-corrected chi connectivity index (χ4v) is 4.50. The number of ketones is 1. The Bertz CT molecular complexity index is 1270. The van der Waals surface area contributed by atoms with Crippen molar-refractivity contribution in [2.75, 3.05) is 13.2 Å². The van der Waals surface area contributed by atoms with E-state index in [4.69, 9.17) is 23.7 Å². The normalized spacial score (nSPS) is 24.2. The summed E-state index contributed by atoms with van der Waals surface area (Å²) in [4.78, 5) is 39.0. The molecule has 1 aliphatic heterocycles. The van der Waals surface area contributed by atoms with Gasteiger partial charge in [0.05, 0.1) is 12.2 Å². The quantitative estimate of drug-likeness (QED) is 0.282. The number of hydrogen-bond acceptors (Lipinski definition) is 9. The molecule has 0 spiro atoms. The second kappa shape index (κ2) is 13.5. The van der Waals surface area contributed by atoms with Crippen LogP contribution in [0.2, 0.25) is 0 Å². The molecule has 3 aromatic carbocycles. The van der Waals surface area contributed by atoms with E-state index < -0.39 is 47.9 Å². The molecular formula is C31H32O9. The standard InChI is InChI=1S/C31H32O9/c1-3-36-30-31(35,27(33)23-15-9-5-10-16-23)28(40-29(34)24-17-11-6-12-18-24)26(25(39-30)20-37-21(2)32)38-19-22-13-7-4-8-14-22/h4-18,25-26,28,30,35H,3,19-20H2,1-2H3/t25-,26-,28+,30-,31-/m1/s1. The van der Waals surface area contributed by atoms with Crippen molar-refractivity contribution in [2.24, 2.45) is 0 Å². The minimum Gasteiger partial charge on any atom is -0.463 e. The highest BCUT2D eigenvalue weighted by Crippen LogP contribution is 2.38. The lowest BCUT2D eigenvalue weighted by atomic mass is 9.80. The predicted molar refractivity (Wildman–Crippen MR) is 143 cm³/mol. The molecular weight excluding hydrogens is 516 g/mol. The van der Waals surface area contributed by atoms with E-state index in [9.17, 15) is 19.5 Å². The lowest BCUT2D eigenvalue weighted by Crippen LogP contribution is -2.72. The number of rotatable bonds is 11. The summed E-state index contributed by atoms with van der Waals surface area (Å²) in [6.07, 6.45) is -5.47. The lowest BCUT2D eigenvalue weighted by molar-refractivity contribution is -0.329. The topological polar surface area (TPSA) is 118 Å². The summed E-state index contributed by atoms with van der Waals surface area (Å²) in [5.74, 6) is -2.14. The van der Waals surface area contributed by atoms with Crippen LogP contribution in [-0.2, 0) is 35.1 Å². The second-order valence-electron chi connectivity index (χ2n) is 9.24. The summed E-state index contributed by atoms with van der Waals surface area (Å²) >= 11 is 0. The zero-order valence-corrected chi connectivity index (χ0v) is 22.3. The Morgan fingerprint density at radius 3 is 2.00 bits per heavy atom. The van der Waals surface area contributed by atoms with Gasteiger partial charge in [-0.05, 0) is 24.6 Å². The van der Waals surface area contributed by atoms with Crippen molar-refractivity contribution in [3.8, 4) is 0 Å². The van der Waals surface area contributed by atoms with Gasteiger partial charge in [0.25, 0.3) is 0 Å². The van der Waals surface area contributed by atoms with Crippen molar-refractivity contribution in [2.45, 2.75) is 50.7 Å². The Balaban J connectivity index is 1.80. The molecule has 1 heterocycles. The van der Waals surface area contributed by atoms with Crippen molar-refractivity contribution in [1.29, 1.82) is 0 Å². The molecule has 0 amide bonds. The van der Waals surface area contributed by atoms with Crippen molar-refractivity contribution in [3.63, 3.8) is 0 Å². The summed E-state index contributed by atoms with van der Waals surface area (Å²) in [5.41, 5.74) is -1.38. The Kier molecular flexibility index (Phi) is 9.79. The van der Waals surface area contributed by atoms with Gasteiger partial charge in [-0.3, -0.25) is 9.59 Å². The highest BCUT2D eigenvalue weighted by Gasteiger charge is 2.63. The van der Waals surface area contributed by atoms with Gasteiger partial charge in [-0.1, -0.05) is 78.9 Å². The van der Waals surface area contributed by atoms with Crippen molar-refractivity contribution < 1.29 is 43.2 Å². The molecule has 3 aromatic rings. The van der Waals surface area contributed by atoms with Crippen LogP contribution < -0.4 is 0 Å². The van der Waals surface area contributed by atoms with Crippen molar-refractivity contribution >= 4 is 17.7 Å². The van der Waals surface area contributed by atoms with Crippen LogP contribution in [0.4, 0.5) is 0 Å². The van der Waals surface area contributed by atoms with E-state index in [-0.39, 0.29) is 30.9 Å². The largest absolute Gasteiger partial charge is 0.463 e. The smallest absolute Gasteiger partial charge is 0.338 e. The first-order valence-corrected chi connectivity index (χ1v) is 13.0. The van der Waals surface area contributed by atoms with E-state index in [1.807, 2.05) is 30.3 Å². The SMILES string of the molecule is CCO[C@@H]1O[C@H](COC(C)=O)[C@@H](OCc2ccccc2)[C@H](OC(=O)c2ccccc2)[C@]1(O)C(=O)c1ccccc1. The van der Waals surface area contributed by atoms with Gasteiger partial charge in [-0.25, -0.2) is 4.79 Å². The Hall–Kier alpha value is -3.89. The third kappa shape index (κ3) is 6.63. The number of benzene rings is 3. The maximum atomic E-state index is 14.0. The molecule has 0 saturated carbocycles. The molecule has 5 atom stereocenters. The maximum Gasteiger partial charge on any atom is 0.338 e. The molecule has 0 radical (unpaired) electrons. The van der Waals surface area contributed by atoms with E-state index in [2.05, 4.69) is 0 Å². The van der Waals surface area contributed by atoms with Crippen LogP contribution >= 0.6 is 0 Å². The summed E-state index contributed by atoms with van der Waals surface area (Å²) in [7, 11) is 0. The van der Waals surface area contributed by atoms with E-state index in [1.165, 1.54) is 19.1 Å². The van der Waals surface area contributed by atoms with Crippen molar-refractivity contribution in [1.82, 2.24) is 0 Å². The highest BCUT2D eigenvalue weighted by atomic mass is 16.7.